The van der Waals surface area contributed by atoms with Crippen LogP contribution in [0.1, 0.15) is 60.6 Å². The topological polar surface area (TPSA) is 101 Å². The number of aliphatic hydroxyl groups excluding tert-OH is 1. The molecule has 166 valence electrons. The Morgan fingerprint density at radius 3 is 2.74 bits per heavy atom. The van der Waals surface area contributed by atoms with E-state index in [1.54, 1.807) is 7.11 Å². The molecule has 2 aliphatic rings. The summed E-state index contributed by atoms with van der Waals surface area (Å²) in [5, 5.41) is 20.8. The van der Waals surface area contributed by atoms with Gasteiger partial charge in [0.05, 0.1) is 30.5 Å². The lowest BCUT2D eigenvalue weighted by Crippen LogP contribution is -2.50. The molecule has 2 N–H and O–H groups in total. The number of methoxy groups -OCH3 is 1. The van der Waals surface area contributed by atoms with Crippen LogP contribution in [0.4, 0.5) is 0 Å². The number of aromatic nitrogens is 1. The summed E-state index contributed by atoms with van der Waals surface area (Å²) in [4.78, 5) is 24.2. The van der Waals surface area contributed by atoms with Crippen LogP contribution in [0.25, 0.3) is 11.3 Å². The molecule has 8 nitrogen and oxygen atoms in total. The average Bonchev–Trinajstić information content (AvgIpc) is 3.04. The first-order valence-corrected chi connectivity index (χ1v) is 10.5. The van der Waals surface area contributed by atoms with Gasteiger partial charge >= 0.3 is 5.97 Å². The lowest BCUT2D eigenvalue weighted by Gasteiger charge is -2.44. The van der Waals surface area contributed by atoms with Gasteiger partial charge in [-0.05, 0) is 44.4 Å². The van der Waals surface area contributed by atoms with Crippen molar-refractivity contribution < 1.29 is 24.5 Å². The van der Waals surface area contributed by atoms with E-state index in [2.05, 4.69) is 18.9 Å². The fraction of sp³-hybridized carbons (Fsp3) is 0.478. The molecule has 0 aliphatic carbocycles. The normalized spacial score (nSPS) is 18.3. The Bertz CT molecular complexity index is 1070. The number of fused-ring (bicyclic) bond motifs is 6. The van der Waals surface area contributed by atoms with Crippen molar-refractivity contribution in [1.82, 2.24) is 4.68 Å². The fourth-order valence-electron chi connectivity index (χ4n) is 4.73. The molecular weight excluding hydrogens is 400 g/mol. The number of benzene rings is 1. The standard InChI is InChI=1S/C23H28N2O6/c1-23(2)6-5-18-16-10-21(31-8-4-7-26)14(13-30-3)9-15(16)19-11-20(27)17(22(28)29)12-24(19)25(18)23/h9-12,18,26H,4-8,13H2,1-3H3,(H,28,29)/t18-/m1/s1. The fourth-order valence-corrected chi connectivity index (χ4v) is 4.73. The highest BCUT2D eigenvalue weighted by Crippen LogP contribution is 2.49. The molecule has 1 saturated heterocycles. The van der Waals surface area contributed by atoms with Crippen molar-refractivity contribution in [3.05, 3.63) is 51.3 Å². The lowest BCUT2D eigenvalue weighted by molar-refractivity contribution is 0.0694. The van der Waals surface area contributed by atoms with E-state index in [-0.39, 0.29) is 23.8 Å². The second-order valence-corrected chi connectivity index (χ2v) is 8.70. The molecule has 2 aliphatic heterocycles. The van der Waals surface area contributed by atoms with Crippen molar-refractivity contribution >= 4 is 5.97 Å². The largest absolute Gasteiger partial charge is 0.493 e. The highest BCUT2D eigenvalue weighted by molar-refractivity contribution is 5.88. The maximum atomic E-state index is 12.6. The third-order valence-electron chi connectivity index (χ3n) is 6.17. The molecule has 1 fully saturated rings. The molecule has 0 saturated carbocycles. The van der Waals surface area contributed by atoms with Crippen LogP contribution in [0.2, 0.25) is 0 Å². The van der Waals surface area contributed by atoms with Crippen molar-refractivity contribution in [1.29, 1.82) is 0 Å². The molecule has 0 unspecified atom stereocenters. The van der Waals surface area contributed by atoms with Gasteiger partial charge in [-0.15, -0.1) is 0 Å². The summed E-state index contributed by atoms with van der Waals surface area (Å²) in [5.41, 5.74) is 2.46. The molecule has 3 heterocycles. The summed E-state index contributed by atoms with van der Waals surface area (Å²) < 4.78 is 13.2. The zero-order valence-corrected chi connectivity index (χ0v) is 18.1. The number of carboxylic acid groups (broad SMARTS) is 1. The molecular formula is C23H28N2O6. The molecule has 31 heavy (non-hydrogen) atoms. The molecule has 1 atom stereocenters. The van der Waals surface area contributed by atoms with Gasteiger partial charge in [-0.1, -0.05) is 0 Å². The number of nitrogens with zero attached hydrogens (tertiary/aromatic N) is 2. The van der Waals surface area contributed by atoms with Gasteiger partial charge in [-0.3, -0.25) is 14.5 Å². The van der Waals surface area contributed by atoms with E-state index in [0.717, 1.165) is 29.5 Å². The molecule has 8 heteroatoms. The van der Waals surface area contributed by atoms with Crippen LogP contribution < -0.4 is 15.2 Å². The van der Waals surface area contributed by atoms with E-state index in [1.165, 1.54) is 12.3 Å². The van der Waals surface area contributed by atoms with Gasteiger partial charge in [0.2, 0.25) is 0 Å². The highest BCUT2D eigenvalue weighted by atomic mass is 16.5. The SMILES string of the molecule is COCc1cc2c(cc1OCCCO)[C@H]1CCC(C)(C)N1n1cc(C(=O)O)c(=O)cc1-2. The van der Waals surface area contributed by atoms with E-state index < -0.39 is 11.4 Å². The minimum Gasteiger partial charge on any atom is -0.493 e. The van der Waals surface area contributed by atoms with Crippen LogP contribution in [-0.2, 0) is 11.3 Å². The van der Waals surface area contributed by atoms with E-state index in [1.807, 2.05) is 16.8 Å². The second-order valence-electron chi connectivity index (χ2n) is 8.70. The van der Waals surface area contributed by atoms with Gasteiger partial charge in [0.25, 0.3) is 0 Å². The molecule has 1 aromatic carbocycles. The first-order valence-electron chi connectivity index (χ1n) is 10.5. The van der Waals surface area contributed by atoms with Crippen LogP contribution in [0, 0.1) is 0 Å². The van der Waals surface area contributed by atoms with E-state index in [4.69, 9.17) is 14.6 Å². The molecule has 0 radical (unpaired) electrons. The van der Waals surface area contributed by atoms with Crippen molar-refractivity contribution in [3.63, 3.8) is 0 Å². The van der Waals surface area contributed by atoms with Crippen LogP contribution in [-0.4, -0.2) is 46.7 Å². The number of carbonyl (C=O) groups is 1. The molecule has 0 amide bonds. The van der Waals surface area contributed by atoms with E-state index >= 15 is 0 Å². The smallest absolute Gasteiger partial charge is 0.341 e. The van der Waals surface area contributed by atoms with Gasteiger partial charge in [-0.25, -0.2) is 4.79 Å². The minimum atomic E-state index is -1.23. The summed E-state index contributed by atoms with van der Waals surface area (Å²) in [6.07, 6.45) is 3.80. The minimum absolute atomic E-state index is 0.0263. The third-order valence-corrected chi connectivity index (χ3v) is 6.17. The van der Waals surface area contributed by atoms with Gasteiger partial charge < -0.3 is 19.7 Å². The van der Waals surface area contributed by atoms with Crippen molar-refractivity contribution in [2.45, 2.75) is 51.3 Å². The van der Waals surface area contributed by atoms with Crippen LogP contribution in [0.15, 0.2) is 29.2 Å². The number of aliphatic hydroxyl groups is 1. The monoisotopic (exact) mass is 428 g/mol. The zero-order chi connectivity index (χ0) is 22.3. The van der Waals surface area contributed by atoms with Gasteiger partial charge in [0.15, 0.2) is 5.43 Å². The lowest BCUT2D eigenvalue weighted by atomic mass is 9.92. The van der Waals surface area contributed by atoms with E-state index in [9.17, 15) is 14.7 Å². The number of hydrogen-bond donors (Lipinski definition) is 2. The first-order chi connectivity index (χ1) is 14.8. The van der Waals surface area contributed by atoms with Crippen LogP contribution in [0.5, 0.6) is 5.75 Å². The van der Waals surface area contributed by atoms with Gasteiger partial charge in [0.1, 0.15) is 11.3 Å². The van der Waals surface area contributed by atoms with Crippen LogP contribution in [0.3, 0.4) is 0 Å². The number of aromatic carboxylic acids is 1. The highest BCUT2D eigenvalue weighted by Gasteiger charge is 2.45. The first kappa shape index (κ1) is 21.4. The maximum Gasteiger partial charge on any atom is 0.341 e. The molecule has 1 aromatic heterocycles. The zero-order valence-electron chi connectivity index (χ0n) is 18.1. The second kappa shape index (κ2) is 8.01. The molecule has 0 bridgehead atoms. The Labute approximate surface area is 180 Å². The molecule has 2 aromatic rings. The summed E-state index contributed by atoms with van der Waals surface area (Å²) >= 11 is 0. The van der Waals surface area contributed by atoms with Crippen LogP contribution >= 0.6 is 0 Å². The quantitative estimate of drug-likeness (QED) is 0.654. The van der Waals surface area contributed by atoms with Gasteiger partial charge in [0, 0.05) is 43.5 Å². The number of rotatable bonds is 7. The Morgan fingerprint density at radius 2 is 2.06 bits per heavy atom. The van der Waals surface area contributed by atoms with Crippen molar-refractivity contribution in [3.8, 4) is 17.0 Å². The molecule has 4 rings (SSSR count). The number of ether oxygens (including phenoxy) is 2. The summed E-state index contributed by atoms with van der Waals surface area (Å²) in [5.74, 6) is -0.524. The average molecular weight is 428 g/mol. The number of carboxylic acids is 1. The maximum absolute atomic E-state index is 12.6. The van der Waals surface area contributed by atoms with Crippen molar-refractivity contribution in [2.75, 3.05) is 25.3 Å². The third kappa shape index (κ3) is 3.59. The molecule has 0 spiro atoms. The number of pyridine rings is 1. The summed E-state index contributed by atoms with van der Waals surface area (Å²) in [7, 11) is 1.61. The predicted octanol–water partition coefficient (Wildman–Crippen LogP) is 2.69. The Kier molecular flexibility index (Phi) is 5.53. The van der Waals surface area contributed by atoms with E-state index in [0.29, 0.717) is 31.1 Å². The number of hydrogen-bond acceptors (Lipinski definition) is 6. The summed E-state index contributed by atoms with van der Waals surface area (Å²) in [6.45, 7) is 5.02. The van der Waals surface area contributed by atoms with Gasteiger partial charge in [-0.2, -0.15) is 0 Å². The summed E-state index contributed by atoms with van der Waals surface area (Å²) in [6, 6.07) is 5.43. The predicted molar refractivity (Wildman–Crippen MR) is 115 cm³/mol. The Balaban J connectivity index is 1.94. The van der Waals surface area contributed by atoms with Crippen molar-refractivity contribution in [2.24, 2.45) is 0 Å². The Hall–Kier alpha value is -2.84. The Morgan fingerprint density at radius 1 is 1.29 bits per heavy atom.